The predicted molar refractivity (Wildman–Crippen MR) is 119 cm³/mol. The summed E-state index contributed by atoms with van der Waals surface area (Å²) in [6.45, 7) is 2.14. The number of nitrogens with one attached hydrogen (secondary N) is 1. The highest BCUT2D eigenvalue weighted by atomic mass is 32.1. The molecule has 0 amide bonds. The van der Waals surface area contributed by atoms with E-state index in [1.807, 2.05) is 36.4 Å². The van der Waals surface area contributed by atoms with E-state index in [4.69, 9.17) is 21.7 Å². The smallest absolute Gasteiger partial charge is 0.169 e. The van der Waals surface area contributed by atoms with Gasteiger partial charge in [-0.3, -0.25) is 0 Å². The quantitative estimate of drug-likeness (QED) is 0.535. The SMILES string of the molecule is COc1ccc(CN(Cc2cccs2)C(=S)NCc2ccccc2)cc1OC. The van der Waals surface area contributed by atoms with Crippen LogP contribution in [-0.4, -0.2) is 24.2 Å². The molecule has 0 aliphatic carbocycles. The van der Waals surface area contributed by atoms with Gasteiger partial charge in [0.15, 0.2) is 16.6 Å². The molecule has 1 aromatic heterocycles. The van der Waals surface area contributed by atoms with E-state index in [9.17, 15) is 0 Å². The van der Waals surface area contributed by atoms with E-state index in [-0.39, 0.29) is 0 Å². The Morgan fingerprint density at radius 1 is 0.929 bits per heavy atom. The molecule has 4 nitrogen and oxygen atoms in total. The van der Waals surface area contributed by atoms with E-state index in [1.165, 1.54) is 10.4 Å². The van der Waals surface area contributed by atoms with Gasteiger partial charge in [0.05, 0.1) is 20.8 Å². The molecule has 0 aliphatic heterocycles. The Labute approximate surface area is 175 Å². The van der Waals surface area contributed by atoms with Crippen molar-refractivity contribution in [2.75, 3.05) is 14.2 Å². The summed E-state index contributed by atoms with van der Waals surface area (Å²) in [6.07, 6.45) is 0. The fraction of sp³-hybridized carbons (Fsp3) is 0.227. The fourth-order valence-electron chi connectivity index (χ4n) is 2.87. The number of thiophene rings is 1. The van der Waals surface area contributed by atoms with E-state index >= 15 is 0 Å². The summed E-state index contributed by atoms with van der Waals surface area (Å²) in [5.74, 6) is 1.44. The number of thiocarbonyl (C=S) groups is 1. The molecular weight excluding hydrogens is 388 g/mol. The Bertz CT molecular complexity index is 883. The lowest BCUT2D eigenvalue weighted by molar-refractivity contribution is 0.352. The molecule has 1 N–H and O–H groups in total. The van der Waals surface area contributed by atoms with E-state index in [1.54, 1.807) is 25.6 Å². The summed E-state index contributed by atoms with van der Waals surface area (Å²) in [5.41, 5.74) is 2.31. The maximum Gasteiger partial charge on any atom is 0.169 e. The molecule has 0 saturated carbocycles. The molecule has 146 valence electrons. The molecule has 0 unspecified atom stereocenters. The molecular formula is C22H24N2O2S2. The monoisotopic (exact) mass is 412 g/mol. The lowest BCUT2D eigenvalue weighted by Crippen LogP contribution is -2.38. The summed E-state index contributed by atoms with van der Waals surface area (Å²) in [6, 6.07) is 20.4. The van der Waals surface area contributed by atoms with Gasteiger partial charge in [-0.2, -0.15) is 0 Å². The van der Waals surface area contributed by atoms with Crippen molar-refractivity contribution in [2.24, 2.45) is 0 Å². The minimum absolute atomic E-state index is 0.679. The van der Waals surface area contributed by atoms with Crippen LogP contribution in [0.5, 0.6) is 11.5 Å². The van der Waals surface area contributed by atoms with Gasteiger partial charge in [0.25, 0.3) is 0 Å². The van der Waals surface area contributed by atoms with Crippen LogP contribution < -0.4 is 14.8 Å². The third-order valence-corrected chi connectivity index (χ3v) is 5.59. The first-order valence-corrected chi connectivity index (χ1v) is 10.3. The summed E-state index contributed by atoms with van der Waals surface area (Å²) in [5, 5.41) is 6.21. The molecule has 3 aromatic rings. The Kier molecular flexibility index (Phi) is 7.28. The zero-order valence-electron chi connectivity index (χ0n) is 16.1. The van der Waals surface area contributed by atoms with Gasteiger partial charge in [0, 0.05) is 18.0 Å². The van der Waals surface area contributed by atoms with E-state index < -0.39 is 0 Å². The van der Waals surface area contributed by atoms with Crippen molar-refractivity contribution in [3.05, 3.63) is 82.0 Å². The number of nitrogens with zero attached hydrogens (tertiary/aromatic N) is 1. The highest BCUT2D eigenvalue weighted by molar-refractivity contribution is 7.80. The summed E-state index contributed by atoms with van der Waals surface area (Å²) in [4.78, 5) is 3.44. The topological polar surface area (TPSA) is 33.7 Å². The van der Waals surface area contributed by atoms with Crippen LogP contribution in [0.25, 0.3) is 0 Å². The normalized spacial score (nSPS) is 10.4. The standard InChI is InChI=1S/C22H24N2O2S2/c1-25-20-11-10-18(13-21(20)26-2)15-24(16-19-9-6-12-28-19)22(27)23-14-17-7-4-3-5-8-17/h3-13H,14-16H2,1-2H3,(H,23,27). The first kappa shape index (κ1) is 20.2. The summed E-state index contributed by atoms with van der Waals surface area (Å²) in [7, 11) is 3.29. The number of hydrogen-bond acceptors (Lipinski definition) is 4. The van der Waals surface area contributed by atoms with Crippen LogP contribution in [0.2, 0.25) is 0 Å². The minimum Gasteiger partial charge on any atom is -0.493 e. The number of ether oxygens (including phenoxy) is 2. The van der Waals surface area contributed by atoms with Crippen molar-refractivity contribution < 1.29 is 9.47 Å². The van der Waals surface area contributed by atoms with Crippen molar-refractivity contribution >= 4 is 28.7 Å². The molecule has 0 spiro atoms. The Balaban J connectivity index is 1.73. The Morgan fingerprint density at radius 2 is 1.71 bits per heavy atom. The van der Waals surface area contributed by atoms with Crippen LogP contribution in [-0.2, 0) is 19.6 Å². The van der Waals surface area contributed by atoms with Gasteiger partial charge in [-0.05, 0) is 46.9 Å². The molecule has 6 heteroatoms. The number of hydrogen-bond donors (Lipinski definition) is 1. The lowest BCUT2D eigenvalue weighted by Gasteiger charge is -2.26. The van der Waals surface area contributed by atoms with Gasteiger partial charge in [-0.25, -0.2) is 0 Å². The average molecular weight is 413 g/mol. The lowest BCUT2D eigenvalue weighted by atomic mass is 10.2. The third-order valence-electron chi connectivity index (χ3n) is 4.32. The van der Waals surface area contributed by atoms with E-state index in [0.717, 1.165) is 28.7 Å². The number of methoxy groups -OCH3 is 2. The van der Waals surface area contributed by atoms with Crippen molar-refractivity contribution in [2.45, 2.75) is 19.6 Å². The average Bonchev–Trinajstić information content (AvgIpc) is 3.25. The molecule has 0 bridgehead atoms. The van der Waals surface area contributed by atoms with Crippen molar-refractivity contribution in [3.63, 3.8) is 0 Å². The summed E-state index contributed by atoms with van der Waals surface area (Å²) >= 11 is 7.45. The number of benzene rings is 2. The zero-order valence-corrected chi connectivity index (χ0v) is 17.7. The zero-order chi connectivity index (χ0) is 19.8. The van der Waals surface area contributed by atoms with E-state index in [0.29, 0.717) is 13.1 Å². The first-order valence-electron chi connectivity index (χ1n) is 8.99. The maximum absolute atomic E-state index is 5.72. The van der Waals surface area contributed by atoms with Gasteiger partial charge >= 0.3 is 0 Å². The second-order valence-electron chi connectivity index (χ2n) is 6.27. The van der Waals surface area contributed by atoms with Crippen LogP contribution in [0.4, 0.5) is 0 Å². The van der Waals surface area contributed by atoms with Crippen LogP contribution in [0.1, 0.15) is 16.0 Å². The first-order chi connectivity index (χ1) is 13.7. The van der Waals surface area contributed by atoms with Crippen LogP contribution >= 0.6 is 23.6 Å². The van der Waals surface area contributed by atoms with Crippen LogP contribution in [0.15, 0.2) is 66.0 Å². The van der Waals surface area contributed by atoms with Gasteiger partial charge in [0.1, 0.15) is 0 Å². The number of rotatable bonds is 8. The maximum atomic E-state index is 5.72. The molecule has 0 radical (unpaired) electrons. The van der Waals surface area contributed by atoms with Gasteiger partial charge in [-0.1, -0.05) is 42.5 Å². The Morgan fingerprint density at radius 3 is 2.39 bits per heavy atom. The molecule has 0 fully saturated rings. The molecule has 1 heterocycles. The van der Waals surface area contributed by atoms with Gasteiger partial charge in [0.2, 0.25) is 0 Å². The molecule has 3 rings (SSSR count). The van der Waals surface area contributed by atoms with E-state index in [2.05, 4.69) is 39.9 Å². The second kappa shape index (κ2) is 10.1. The molecule has 2 aromatic carbocycles. The highest BCUT2D eigenvalue weighted by Gasteiger charge is 2.14. The van der Waals surface area contributed by atoms with Crippen molar-refractivity contribution in [1.82, 2.24) is 10.2 Å². The Hall–Kier alpha value is -2.57. The highest BCUT2D eigenvalue weighted by Crippen LogP contribution is 2.28. The van der Waals surface area contributed by atoms with Crippen LogP contribution in [0, 0.1) is 0 Å². The third kappa shape index (κ3) is 5.47. The van der Waals surface area contributed by atoms with Crippen LogP contribution in [0.3, 0.4) is 0 Å². The van der Waals surface area contributed by atoms with Crippen molar-refractivity contribution in [1.29, 1.82) is 0 Å². The largest absolute Gasteiger partial charge is 0.493 e. The molecule has 0 aliphatic rings. The second-order valence-corrected chi connectivity index (χ2v) is 7.69. The van der Waals surface area contributed by atoms with Gasteiger partial charge in [-0.15, -0.1) is 11.3 Å². The molecule has 28 heavy (non-hydrogen) atoms. The summed E-state index contributed by atoms with van der Waals surface area (Å²) < 4.78 is 10.8. The fourth-order valence-corrected chi connectivity index (χ4v) is 3.80. The van der Waals surface area contributed by atoms with Crippen molar-refractivity contribution in [3.8, 4) is 11.5 Å². The molecule has 0 saturated heterocycles. The van der Waals surface area contributed by atoms with Gasteiger partial charge < -0.3 is 19.7 Å². The molecule has 0 atom stereocenters. The minimum atomic E-state index is 0.679. The predicted octanol–water partition coefficient (Wildman–Crippen LogP) is 4.84.